The van der Waals surface area contributed by atoms with Crippen molar-refractivity contribution in [1.82, 2.24) is 0 Å². The van der Waals surface area contributed by atoms with Gasteiger partial charge in [-0.2, -0.15) is 0 Å². The molecule has 0 saturated carbocycles. The molecule has 1 N–H and O–H groups in total. The Balaban J connectivity index is 3.37. The quantitative estimate of drug-likeness (QED) is 0.292. The fourth-order valence-corrected chi connectivity index (χ4v) is 3.03. The summed E-state index contributed by atoms with van der Waals surface area (Å²) in [6, 6.07) is 0. The summed E-state index contributed by atoms with van der Waals surface area (Å²) in [6.45, 7) is 0. The third-order valence-electron chi connectivity index (χ3n) is 1.75. The van der Waals surface area contributed by atoms with Crippen LogP contribution in [-0.2, 0) is 9.37 Å². The van der Waals surface area contributed by atoms with Gasteiger partial charge in [-0.05, 0) is 12.5 Å². The molecule has 17 heavy (non-hydrogen) atoms. The van der Waals surface area contributed by atoms with Crippen molar-refractivity contribution in [2.24, 2.45) is 0 Å². The molecular formula is C8H7F3O3S3. The van der Waals surface area contributed by atoms with Crippen LogP contribution in [0, 0.1) is 17.5 Å². The van der Waals surface area contributed by atoms with E-state index in [9.17, 15) is 13.2 Å². The molecule has 0 aliphatic heterocycles. The van der Waals surface area contributed by atoms with Crippen molar-refractivity contribution in [1.29, 1.82) is 0 Å². The minimum atomic E-state index is -1.29. The number of rotatable bonds is 5. The Morgan fingerprint density at radius 2 is 1.41 bits per heavy atom. The van der Waals surface area contributed by atoms with Gasteiger partial charge in [0.05, 0.1) is 26.7 Å². The molecule has 0 saturated heterocycles. The van der Waals surface area contributed by atoms with E-state index in [0.717, 1.165) is 23.5 Å². The van der Waals surface area contributed by atoms with E-state index in [-0.39, 0.29) is 16.9 Å². The number of thioether (sulfide) groups is 2. The van der Waals surface area contributed by atoms with Gasteiger partial charge in [0.2, 0.25) is 0 Å². The largest absolute Gasteiger partial charge is 0.220 e. The third kappa shape index (κ3) is 3.04. The third-order valence-corrected chi connectivity index (χ3v) is 4.12. The number of benzene rings is 1. The summed E-state index contributed by atoms with van der Waals surface area (Å²) in [7, 11) is 0. The van der Waals surface area contributed by atoms with Crippen LogP contribution in [0.2, 0.25) is 0 Å². The Hall–Kier alpha value is -0.0600. The molecule has 0 amide bonds. The van der Waals surface area contributed by atoms with Crippen LogP contribution >= 0.6 is 35.6 Å². The minimum absolute atomic E-state index is 0.115. The van der Waals surface area contributed by atoms with Gasteiger partial charge < -0.3 is 0 Å². The molecule has 9 heteroatoms. The summed E-state index contributed by atoms with van der Waals surface area (Å²) in [5.74, 6) is -3.41. The smallest absolute Gasteiger partial charge is 0.177 e. The van der Waals surface area contributed by atoms with E-state index < -0.39 is 27.2 Å². The monoisotopic (exact) mass is 304 g/mol. The molecule has 0 heterocycles. The second-order valence-corrected chi connectivity index (χ2v) is 4.91. The molecule has 0 fully saturated rings. The summed E-state index contributed by atoms with van der Waals surface area (Å²) in [5, 5.41) is 11.2. The van der Waals surface area contributed by atoms with E-state index in [1.54, 1.807) is 0 Å². The average Bonchev–Trinajstić information content (AvgIpc) is 2.32. The van der Waals surface area contributed by atoms with Crippen LogP contribution in [0.3, 0.4) is 0 Å². The lowest BCUT2D eigenvalue weighted by Crippen LogP contribution is -2.00. The highest BCUT2D eigenvalue weighted by Gasteiger charge is 2.25. The van der Waals surface area contributed by atoms with Gasteiger partial charge in [-0.1, -0.05) is 5.04 Å². The zero-order valence-corrected chi connectivity index (χ0v) is 11.1. The van der Waals surface area contributed by atoms with E-state index in [4.69, 9.17) is 5.26 Å². The fourth-order valence-electron chi connectivity index (χ4n) is 1.08. The lowest BCUT2D eigenvalue weighted by molar-refractivity contribution is -0.432. The summed E-state index contributed by atoms with van der Waals surface area (Å²) in [4.78, 5) is -0.934. The minimum Gasteiger partial charge on any atom is -0.220 e. The highest BCUT2D eigenvalue weighted by molar-refractivity contribution is 8.00. The topological polar surface area (TPSA) is 38.7 Å². The van der Waals surface area contributed by atoms with Crippen LogP contribution in [0.25, 0.3) is 0 Å². The molecular weight excluding hydrogens is 297 g/mol. The first-order chi connectivity index (χ1) is 8.08. The van der Waals surface area contributed by atoms with Gasteiger partial charge >= 0.3 is 0 Å². The van der Waals surface area contributed by atoms with Gasteiger partial charge in [0.15, 0.2) is 17.5 Å². The van der Waals surface area contributed by atoms with Crippen LogP contribution < -0.4 is 0 Å². The van der Waals surface area contributed by atoms with Crippen molar-refractivity contribution in [3.63, 3.8) is 0 Å². The summed E-state index contributed by atoms with van der Waals surface area (Å²) >= 11 is 1.84. The molecule has 0 atom stereocenters. The molecule has 1 aromatic rings. The van der Waals surface area contributed by atoms with E-state index >= 15 is 0 Å². The number of hydrogen-bond acceptors (Lipinski definition) is 6. The number of hydrogen-bond donors (Lipinski definition) is 1. The lowest BCUT2D eigenvalue weighted by Gasteiger charge is -2.11. The van der Waals surface area contributed by atoms with Crippen molar-refractivity contribution in [2.75, 3.05) is 12.5 Å². The van der Waals surface area contributed by atoms with Crippen LogP contribution in [-0.4, -0.2) is 17.8 Å². The summed E-state index contributed by atoms with van der Waals surface area (Å²) in [5.41, 5.74) is 0. The first-order valence-corrected chi connectivity index (χ1v) is 7.20. The number of halogens is 3. The second kappa shape index (κ2) is 6.76. The van der Waals surface area contributed by atoms with Crippen molar-refractivity contribution in [3.8, 4) is 0 Å². The van der Waals surface area contributed by atoms with Crippen LogP contribution in [0.4, 0.5) is 13.2 Å². The molecule has 1 aromatic carbocycles. The molecule has 0 bridgehead atoms. The van der Waals surface area contributed by atoms with Crippen molar-refractivity contribution in [3.05, 3.63) is 17.5 Å². The Labute approximate surface area is 108 Å². The molecule has 0 aromatic heterocycles. The van der Waals surface area contributed by atoms with E-state index in [2.05, 4.69) is 9.37 Å². The van der Waals surface area contributed by atoms with E-state index in [0.29, 0.717) is 0 Å². The Bertz CT molecular complexity index is 417. The molecule has 3 nitrogen and oxygen atoms in total. The standard InChI is InChI=1S/C8H7F3O3S3/c1-15-6-3(9)4(10)8(17-14-13-12)7(16-2)5(6)11/h12H,1-2H3. The highest BCUT2D eigenvalue weighted by Crippen LogP contribution is 2.40. The van der Waals surface area contributed by atoms with Gasteiger partial charge in [-0.3, -0.25) is 0 Å². The van der Waals surface area contributed by atoms with Crippen LogP contribution in [0.15, 0.2) is 14.7 Å². The Kier molecular flexibility index (Phi) is 5.97. The predicted octanol–water partition coefficient (Wildman–Crippen LogP) is 3.98. The van der Waals surface area contributed by atoms with Crippen molar-refractivity contribution in [2.45, 2.75) is 14.7 Å². The lowest BCUT2D eigenvalue weighted by atomic mass is 10.3. The molecule has 0 radical (unpaired) electrons. The van der Waals surface area contributed by atoms with Crippen molar-refractivity contribution >= 4 is 35.6 Å². The van der Waals surface area contributed by atoms with Crippen LogP contribution in [0.5, 0.6) is 0 Å². The summed E-state index contributed by atoms with van der Waals surface area (Å²) < 4.78 is 44.8. The molecule has 0 spiro atoms. The SMILES string of the molecule is CSc1c(F)c(F)c(SOOO)c(SC)c1F. The van der Waals surface area contributed by atoms with E-state index in [1.807, 2.05) is 0 Å². The molecule has 0 unspecified atom stereocenters. The molecule has 96 valence electrons. The summed E-state index contributed by atoms with van der Waals surface area (Å²) in [6.07, 6.45) is 2.94. The Morgan fingerprint density at radius 1 is 0.882 bits per heavy atom. The van der Waals surface area contributed by atoms with Crippen LogP contribution in [0.1, 0.15) is 0 Å². The van der Waals surface area contributed by atoms with Gasteiger partial charge in [-0.25, -0.2) is 18.4 Å². The fraction of sp³-hybridized carbons (Fsp3) is 0.250. The van der Waals surface area contributed by atoms with Gasteiger partial charge in [-0.15, -0.1) is 27.9 Å². The average molecular weight is 304 g/mol. The maximum absolute atomic E-state index is 13.8. The first-order valence-electron chi connectivity index (χ1n) is 4.01. The molecule has 1 rings (SSSR count). The van der Waals surface area contributed by atoms with Gasteiger partial charge in [0.25, 0.3) is 0 Å². The van der Waals surface area contributed by atoms with Gasteiger partial charge in [0.1, 0.15) is 0 Å². The molecule has 0 aliphatic carbocycles. The van der Waals surface area contributed by atoms with Crippen molar-refractivity contribution < 1.29 is 27.8 Å². The first kappa shape index (κ1) is 15.0. The zero-order chi connectivity index (χ0) is 13.0. The second-order valence-electron chi connectivity index (χ2n) is 2.56. The normalized spacial score (nSPS) is 10.9. The zero-order valence-electron chi connectivity index (χ0n) is 8.62. The highest BCUT2D eigenvalue weighted by atomic mass is 32.2. The maximum atomic E-state index is 13.8. The van der Waals surface area contributed by atoms with E-state index in [1.165, 1.54) is 12.5 Å². The molecule has 0 aliphatic rings. The maximum Gasteiger partial charge on any atom is 0.177 e. The predicted molar refractivity (Wildman–Crippen MR) is 60.5 cm³/mol. The Morgan fingerprint density at radius 3 is 1.88 bits per heavy atom. The van der Waals surface area contributed by atoms with Gasteiger partial charge in [0, 0.05) is 0 Å².